The van der Waals surface area contributed by atoms with Crippen molar-refractivity contribution in [1.82, 2.24) is 18.3 Å². The summed E-state index contributed by atoms with van der Waals surface area (Å²) in [4.78, 5) is 3.75. The van der Waals surface area contributed by atoms with Crippen molar-refractivity contribution in [2.45, 2.75) is 0 Å². The van der Waals surface area contributed by atoms with E-state index in [1.807, 2.05) is 18.2 Å². The zero-order chi connectivity index (χ0) is 80.3. The summed E-state index contributed by atoms with van der Waals surface area (Å²) in [5, 5.41) is 15.1. The fraction of sp³-hybridized carbons (Fsp3) is 0. The molecule has 6 heteroatoms. The Morgan fingerprint density at radius 3 is 0.760 bits per heavy atom. The van der Waals surface area contributed by atoms with Gasteiger partial charge in [0.25, 0.3) is 0 Å². The summed E-state index contributed by atoms with van der Waals surface area (Å²) in [5.74, 6) is 0. The summed E-state index contributed by atoms with van der Waals surface area (Å²) in [6.07, 6.45) is 0. The van der Waals surface area contributed by atoms with E-state index >= 15 is 0 Å². The monoisotopic (exact) mass is 1560 g/mol. The summed E-state index contributed by atoms with van der Waals surface area (Å²) in [6.45, 7) is 7.68. The van der Waals surface area contributed by atoms with Crippen LogP contribution in [0, 0.1) is 6.57 Å². The molecule has 0 amide bonds. The van der Waals surface area contributed by atoms with Crippen LogP contribution in [0.25, 0.3) is 182 Å². The standard InChI is InChI=1S/C66H46N2Si.C49H31N3/c1-6-20-47(21-7-1)51-42-52(44-58(43-51)69(55-24-10-3-11-25-55,56-26-12-4-13-27-56)57-28-14-5-15-29-57)48-34-38-54(39-35-48)68-64-33-19-17-31-60(64)62-46-50(37-41-66(62)68)49-36-40-65-61(45-49)59-30-16-18-32-63(59)67(65)53-22-8-2-9-23-53;1-50-39-23-28-49-45(32-39)44-31-38(22-27-48(44)51(49)40-15-6-3-7-16-40)37-21-26-47-43(30-37)42-17-8-9-18-46(42)52(47)41-24-19-34(20-25-41)36-14-10-13-35(29-36)33-11-4-2-5-12-33/h1-46H;2-32H. The van der Waals surface area contributed by atoms with Gasteiger partial charge in [-0.3, -0.25) is 0 Å². The van der Waals surface area contributed by atoms with Gasteiger partial charge >= 0.3 is 0 Å². The highest BCUT2D eigenvalue weighted by molar-refractivity contribution is 7.20. The molecule has 0 unspecified atom stereocenters. The molecular formula is C115H77N5Si. The van der Waals surface area contributed by atoms with Crippen LogP contribution in [0.5, 0.6) is 0 Å². The Bertz CT molecular complexity index is 7800. The van der Waals surface area contributed by atoms with Gasteiger partial charge in [0.2, 0.25) is 0 Å². The van der Waals surface area contributed by atoms with Crippen LogP contribution < -0.4 is 20.7 Å². The van der Waals surface area contributed by atoms with Gasteiger partial charge in [0.05, 0.1) is 50.7 Å². The van der Waals surface area contributed by atoms with Gasteiger partial charge < -0.3 is 18.3 Å². The molecule has 19 aromatic carbocycles. The van der Waals surface area contributed by atoms with Gasteiger partial charge in [-0.25, -0.2) is 4.85 Å². The number of fused-ring (bicyclic) bond motifs is 12. The molecule has 0 spiro atoms. The van der Waals surface area contributed by atoms with E-state index in [0.717, 1.165) is 50.0 Å². The van der Waals surface area contributed by atoms with Crippen molar-refractivity contribution in [2.24, 2.45) is 0 Å². The molecular weight excluding hydrogens is 1480 g/mol. The van der Waals surface area contributed by atoms with Crippen LogP contribution in [-0.4, -0.2) is 26.3 Å². The second-order valence-electron chi connectivity index (χ2n) is 31.4. The summed E-state index contributed by atoms with van der Waals surface area (Å²) in [7, 11) is -2.82. The first-order chi connectivity index (χ1) is 59.9. The average Bonchev–Trinajstić information content (AvgIpc) is 1.22. The third-order valence-electron chi connectivity index (χ3n) is 24.6. The first kappa shape index (κ1) is 71.6. The number of para-hydroxylation sites is 5. The molecule has 0 saturated carbocycles. The van der Waals surface area contributed by atoms with E-state index in [1.54, 1.807) is 0 Å². The summed E-state index contributed by atoms with van der Waals surface area (Å²) >= 11 is 0. The van der Waals surface area contributed by atoms with Crippen molar-refractivity contribution in [3.8, 4) is 89.5 Å². The number of aromatic nitrogens is 4. The van der Waals surface area contributed by atoms with Crippen LogP contribution in [0.3, 0.4) is 0 Å². The van der Waals surface area contributed by atoms with Crippen LogP contribution in [0.4, 0.5) is 5.69 Å². The molecule has 0 aliphatic carbocycles. The fourth-order valence-corrected chi connectivity index (χ4v) is 23.8. The average molecular weight is 1560 g/mol. The Morgan fingerprint density at radius 1 is 0.157 bits per heavy atom. The Hall–Kier alpha value is -15.9. The van der Waals surface area contributed by atoms with E-state index in [2.05, 4.69) is 472 Å². The topological polar surface area (TPSA) is 24.1 Å². The molecule has 4 aromatic heterocycles. The van der Waals surface area contributed by atoms with Crippen molar-refractivity contribution in [2.75, 3.05) is 0 Å². The Morgan fingerprint density at radius 2 is 0.397 bits per heavy atom. The third-order valence-corrected chi connectivity index (χ3v) is 29.3. The lowest BCUT2D eigenvalue weighted by Gasteiger charge is -2.35. The third kappa shape index (κ3) is 12.5. The lowest BCUT2D eigenvalue weighted by atomic mass is 9.99. The van der Waals surface area contributed by atoms with E-state index in [1.165, 1.54) is 147 Å². The zero-order valence-corrected chi connectivity index (χ0v) is 67.2. The number of hydrogen-bond donors (Lipinski definition) is 0. The van der Waals surface area contributed by atoms with Gasteiger partial charge in [0.15, 0.2) is 13.8 Å². The van der Waals surface area contributed by atoms with Gasteiger partial charge in [-0.1, -0.05) is 328 Å². The van der Waals surface area contributed by atoms with Crippen molar-refractivity contribution in [1.29, 1.82) is 0 Å². The maximum absolute atomic E-state index is 7.68. The lowest BCUT2D eigenvalue weighted by Crippen LogP contribution is -2.74. The molecule has 5 nitrogen and oxygen atoms in total. The van der Waals surface area contributed by atoms with E-state index in [0.29, 0.717) is 5.69 Å². The minimum absolute atomic E-state index is 0.646. The van der Waals surface area contributed by atoms with Gasteiger partial charge in [-0.15, -0.1) is 0 Å². The Kier molecular flexibility index (Phi) is 17.9. The molecule has 0 atom stereocenters. The highest BCUT2D eigenvalue weighted by Gasteiger charge is 2.42. The van der Waals surface area contributed by atoms with Crippen molar-refractivity contribution in [3.63, 3.8) is 0 Å². The van der Waals surface area contributed by atoms with Crippen LogP contribution in [0.1, 0.15) is 0 Å². The predicted octanol–water partition coefficient (Wildman–Crippen LogP) is 27.7. The van der Waals surface area contributed by atoms with Crippen LogP contribution in [0.15, 0.2) is 467 Å². The quantitative estimate of drug-likeness (QED) is 0.0589. The van der Waals surface area contributed by atoms with Crippen LogP contribution in [0.2, 0.25) is 0 Å². The predicted molar refractivity (Wildman–Crippen MR) is 513 cm³/mol. The number of benzene rings is 19. The summed E-state index contributed by atoms with van der Waals surface area (Å²) < 4.78 is 9.48. The van der Waals surface area contributed by atoms with Gasteiger partial charge in [0.1, 0.15) is 0 Å². The molecule has 0 saturated heterocycles. The maximum atomic E-state index is 7.68. The fourth-order valence-electron chi connectivity index (χ4n) is 19.0. The maximum Gasteiger partial charge on any atom is 0.188 e. The van der Waals surface area contributed by atoms with E-state index in [-0.39, 0.29) is 0 Å². The second kappa shape index (κ2) is 30.3. The Balaban J connectivity index is 0.000000151. The van der Waals surface area contributed by atoms with Gasteiger partial charge in [-0.2, -0.15) is 0 Å². The molecule has 23 aromatic rings. The highest BCUT2D eigenvalue weighted by atomic mass is 28.3. The van der Waals surface area contributed by atoms with E-state index in [4.69, 9.17) is 6.57 Å². The van der Waals surface area contributed by atoms with Crippen LogP contribution >= 0.6 is 0 Å². The normalized spacial score (nSPS) is 11.6. The van der Waals surface area contributed by atoms with Gasteiger partial charge in [0, 0.05) is 60.5 Å². The molecule has 566 valence electrons. The molecule has 0 bridgehead atoms. The molecule has 0 radical (unpaired) electrons. The molecule has 4 heterocycles. The number of hydrogen-bond acceptors (Lipinski definition) is 0. The van der Waals surface area contributed by atoms with Crippen LogP contribution in [-0.2, 0) is 0 Å². The number of rotatable bonds is 14. The molecule has 0 aliphatic rings. The first-order valence-corrected chi connectivity index (χ1v) is 43.4. The van der Waals surface area contributed by atoms with E-state index in [9.17, 15) is 0 Å². The SMILES string of the molecule is [C-]#[N+]c1ccc2c(c1)c1cc(-c3ccc4c(c3)c3ccccc3n4-c3ccc(-c4cccc(-c5ccccc5)c4)cc3)ccc1n2-c1ccccc1.c1ccc(-c2cc(-c3ccc(-n4c5ccccc5c5cc(-c6ccc7c(c6)c6ccccc6n7-c6ccccc6)ccc54)cc3)cc([Si](c3ccccc3)(c3ccccc3)c3ccccc3)c2)cc1. The number of nitrogens with zero attached hydrogens (tertiary/aromatic N) is 5. The Labute approximate surface area is 703 Å². The highest BCUT2D eigenvalue weighted by Crippen LogP contribution is 2.43. The molecule has 0 N–H and O–H groups in total. The van der Waals surface area contributed by atoms with Gasteiger partial charge in [-0.05, 0) is 232 Å². The summed E-state index contributed by atoms with van der Waals surface area (Å²) in [6, 6.07) is 170. The summed E-state index contributed by atoms with van der Waals surface area (Å²) in [5.41, 5.74) is 28.9. The molecule has 0 fully saturated rings. The minimum atomic E-state index is -2.82. The first-order valence-electron chi connectivity index (χ1n) is 41.4. The molecule has 23 rings (SSSR count). The van der Waals surface area contributed by atoms with E-state index < -0.39 is 8.07 Å². The lowest BCUT2D eigenvalue weighted by molar-refractivity contribution is 1.18. The smallest absolute Gasteiger partial charge is 0.188 e. The van der Waals surface area contributed by atoms with Crippen molar-refractivity contribution in [3.05, 3.63) is 479 Å². The zero-order valence-electron chi connectivity index (χ0n) is 66.2. The largest absolute Gasteiger partial charge is 0.309 e. The minimum Gasteiger partial charge on any atom is -0.309 e. The second-order valence-corrected chi connectivity index (χ2v) is 35.2. The molecule has 121 heavy (non-hydrogen) atoms. The van der Waals surface area contributed by atoms with Crippen molar-refractivity contribution >= 4 is 122 Å². The van der Waals surface area contributed by atoms with Crippen molar-refractivity contribution < 1.29 is 0 Å². The molecule has 0 aliphatic heterocycles.